The van der Waals surface area contributed by atoms with Crippen molar-refractivity contribution in [3.63, 3.8) is 0 Å². The quantitative estimate of drug-likeness (QED) is 0.621. The van der Waals surface area contributed by atoms with Crippen LogP contribution in [0.25, 0.3) is 6.08 Å². The molecule has 1 N–H and O–H groups in total. The molecule has 1 heterocycles. The van der Waals surface area contributed by atoms with E-state index in [0.29, 0.717) is 16.7 Å². The molecule has 1 aliphatic heterocycles. The van der Waals surface area contributed by atoms with E-state index >= 15 is 0 Å². The Morgan fingerprint density at radius 1 is 1.06 bits per heavy atom. The van der Waals surface area contributed by atoms with Crippen LogP contribution in [0.15, 0.2) is 34.2 Å². The predicted octanol–water partition coefficient (Wildman–Crippen LogP) is 5.09. The molecule has 7 heteroatoms. The van der Waals surface area contributed by atoms with Crippen molar-refractivity contribution in [1.82, 2.24) is 4.90 Å². The summed E-state index contributed by atoms with van der Waals surface area (Å²) >= 11 is 1.51. The first-order valence-electron chi connectivity index (χ1n) is 11.4. The zero-order valence-corrected chi connectivity index (χ0v) is 18.6. The maximum absolute atomic E-state index is 13.4. The Hall–Kier alpha value is -2.28. The van der Waals surface area contributed by atoms with E-state index in [2.05, 4.69) is 0 Å². The summed E-state index contributed by atoms with van der Waals surface area (Å²) in [7, 11) is 0. The highest BCUT2D eigenvalue weighted by atomic mass is 32.2. The van der Waals surface area contributed by atoms with Crippen LogP contribution in [-0.4, -0.2) is 45.7 Å². The van der Waals surface area contributed by atoms with E-state index in [1.165, 1.54) is 50.3 Å². The second kappa shape index (κ2) is 10.4. The van der Waals surface area contributed by atoms with E-state index in [1.807, 2.05) is 23.1 Å². The fraction of sp³-hybridized carbons (Fsp3) is 0.542. The molecule has 1 aromatic carbocycles. The Bertz CT molecular complexity index is 853. The molecule has 166 valence electrons. The van der Waals surface area contributed by atoms with Gasteiger partial charge in [0.2, 0.25) is 0 Å². The highest BCUT2D eigenvalue weighted by molar-refractivity contribution is 8.18. The van der Waals surface area contributed by atoms with Crippen molar-refractivity contribution in [1.29, 1.82) is 0 Å². The van der Waals surface area contributed by atoms with Gasteiger partial charge in [0, 0.05) is 6.04 Å². The first-order chi connectivity index (χ1) is 15.1. The lowest BCUT2D eigenvalue weighted by Gasteiger charge is -2.31. The number of carbonyl (C=O) groups excluding carboxylic acids is 1. The van der Waals surface area contributed by atoms with Crippen LogP contribution < -0.4 is 4.74 Å². The van der Waals surface area contributed by atoms with Gasteiger partial charge in [0.1, 0.15) is 5.75 Å². The number of carboxylic acids is 1. The van der Waals surface area contributed by atoms with Gasteiger partial charge >= 0.3 is 5.97 Å². The van der Waals surface area contributed by atoms with Gasteiger partial charge in [0.25, 0.3) is 5.91 Å². The average molecular weight is 443 g/mol. The lowest BCUT2D eigenvalue weighted by Crippen LogP contribution is -2.41. The highest BCUT2D eigenvalue weighted by Gasteiger charge is 2.39. The number of thioether (sulfide) groups is 1. The number of aliphatic carboxylic acids is 1. The summed E-state index contributed by atoms with van der Waals surface area (Å²) in [5, 5.41) is 9.62. The number of rotatable bonds is 6. The molecular formula is C24H30N2O4S. The van der Waals surface area contributed by atoms with Crippen LogP contribution in [0.4, 0.5) is 0 Å². The molecule has 4 rings (SSSR count). The Balaban J connectivity index is 1.54. The van der Waals surface area contributed by atoms with Gasteiger partial charge < -0.3 is 9.84 Å². The van der Waals surface area contributed by atoms with Crippen molar-refractivity contribution in [3.05, 3.63) is 34.7 Å². The standard InChI is InChI=1S/C24H30N2O4S/c27-22(28)16-30-20-13-11-17(12-14-20)15-21-23(29)26(19-9-5-2-6-10-19)24(31-21)25-18-7-3-1-4-8-18/h11-15,18-19H,1-10,16H2,(H,27,28). The topological polar surface area (TPSA) is 79.2 Å². The Kier molecular flexibility index (Phi) is 7.33. The summed E-state index contributed by atoms with van der Waals surface area (Å²) in [4.78, 5) is 31.8. The van der Waals surface area contributed by atoms with Gasteiger partial charge in [0.05, 0.1) is 10.9 Å². The lowest BCUT2D eigenvalue weighted by atomic mass is 9.94. The van der Waals surface area contributed by atoms with Crippen molar-refractivity contribution in [2.75, 3.05) is 6.61 Å². The minimum Gasteiger partial charge on any atom is -0.482 e. The number of carbonyl (C=O) groups is 2. The monoisotopic (exact) mass is 442 g/mol. The molecule has 2 aliphatic carbocycles. The van der Waals surface area contributed by atoms with Gasteiger partial charge in [-0.25, -0.2) is 4.79 Å². The molecule has 2 saturated carbocycles. The number of hydrogen-bond donors (Lipinski definition) is 1. The smallest absolute Gasteiger partial charge is 0.341 e. The van der Waals surface area contributed by atoms with Crippen LogP contribution in [0.1, 0.15) is 69.8 Å². The minimum absolute atomic E-state index is 0.0673. The molecule has 0 spiro atoms. The van der Waals surface area contributed by atoms with Crippen LogP contribution in [0, 0.1) is 0 Å². The number of amides is 1. The van der Waals surface area contributed by atoms with Crippen molar-refractivity contribution in [2.24, 2.45) is 4.99 Å². The average Bonchev–Trinajstić information content (AvgIpc) is 3.09. The summed E-state index contributed by atoms with van der Waals surface area (Å²) in [6.45, 7) is -0.369. The molecule has 0 atom stereocenters. The van der Waals surface area contributed by atoms with E-state index in [0.717, 1.165) is 36.4 Å². The Morgan fingerprint density at radius 3 is 2.35 bits per heavy atom. The first kappa shape index (κ1) is 21.9. The maximum atomic E-state index is 13.4. The normalized spacial score (nSPS) is 23.6. The molecule has 1 aromatic rings. The Labute approximate surface area is 187 Å². The summed E-state index contributed by atoms with van der Waals surface area (Å²) in [5.41, 5.74) is 0.890. The van der Waals surface area contributed by atoms with Gasteiger partial charge in [-0.2, -0.15) is 0 Å². The number of hydrogen-bond acceptors (Lipinski definition) is 5. The maximum Gasteiger partial charge on any atom is 0.341 e. The van der Waals surface area contributed by atoms with Crippen LogP contribution >= 0.6 is 11.8 Å². The SMILES string of the molecule is O=C(O)COc1ccc(C=C2SC(=NC3CCCCC3)N(C3CCCCC3)C2=O)cc1. The largest absolute Gasteiger partial charge is 0.482 e. The van der Waals surface area contributed by atoms with Gasteiger partial charge in [-0.3, -0.25) is 14.7 Å². The molecule has 0 unspecified atom stereocenters. The van der Waals surface area contributed by atoms with Crippen molar-refractivity contribution in [3.8, 4) is 5.75 Å². The fourth-order valence-corrected chi connectivity index (χ4v) is 5.67. The van der Waals surface area contributed by atoms with Crippen LogP contribution in [0.3, 0.4) is 0 Å². The van der Waals surface area contributed by atoms with Crippen molar-refractivity contribution >= 4 is 34.9 Å². The number of ether oxygens (including phenoxy) is 1. The third kappa shape index (κ3) is 5.70. The van der Waals surface area contributed by atoms with Gasteiger partial charge in [-0.15, -0.1) is 0 Å². The van der Waals surface area contributed by atoms with Crippen molar-refractivity contribution in [2.45, 2.75) is 76.3 Å². The minimum atomic E-state index is -1.01. The summed E-state index contributed by atoms with van der Waals surface area (Å²) in [5.74, 6) is -0.442. The zero-order chi connectivity index (χ0) is 21.6. The molecule has 6 nitrogen and oxygen atoms in total. The molecule has 0 bridgehead atoms. The summed E-state index contributed by atoms with van der Waals surface area (Å²) < 4.78 is 5.19. The molecule has 0 radical (unpaired) electrons. The van der Waals surface area contributed by atoms with E-state index in [4.69, 9.17) is 14.8 Å². The highest BCUT2D eigenvalue weighted by Crippen LogP contribution is 2.38. The van der Waals surface area contributed by atoms with E-state index in [1.54, 1.807) is 12.1 Å². The van der Waals surface area contributed by atoms with Gasteiger partial charge in [-0.05, 0) is 61.2 Å². The second-order valence-electron chi connectivity index (χ2n) is 8.53. The molecule has 0 aromatic heterocycles. The van der Waals surface area contributed by atoms with Gasteiger partial charge in [-0.1, -0.05) is 50.7 Å². The number of benzene rings is 1. The zero-order valence-electron chi connectivity index (χ0n) is 17.8. The van der Waals surface area contributed by atoms with Crippen LogP contribution in [0.5, 0.6) is 5.75 Å². The van der Waals surface area contributed by atoms with Crippen LogP contribution in [-0.2, 0) is 9.59 Å². The third-order valence-corrected chi connectivity index (χ3v) is 7.18. The molecule has 3 aliphatic rings. The first-order valence-corrected chi connectivity index (χ1v) is 12.2. The lowest BCUT2D eigenvalue weighted by molar-refractivity contribution is -0.139. The van der Waals surface area contributed by atoms with Gasteiger partial charge in [0.15, 0.2) is 11.8 Å². The molecule has 1 saturated heterocycles. The number of carboxylic acid groups (broad SMARTS) is 1. The number of nitrogens with zero attached hydrogens (tertiary/aromatic N) is 2. The molecule has 1 amide bonds. The van der Waals surface area contributed by atoms with E-state index < -0.39 is 5.97 Å². The second-order valence-corrected chi connectivity index (χ2v) is 9.54. The summed E-state index contributed by atoms with van der Waals surface area (Å²) in [6.07, 6.45) is 13.6. The summed E-state index contributed by atoms with van der Waals surface area (Å²) in [6, 6.07) is 7.75. The third-order valence-electron chi connectivity index (χ3n) is 6.18. The predicted molar refractivity (Wildman–Crippen MR) is 123 cm³/mol. The number of aliphatic imine (C=N–C) groups is 1. The Morgan fingerprint density at radius 2 is 1.71 bits per heavy atom. The number of amidine groups is 1. The van der Waals surface area contributed by atoms with Crippen molar-refractivity contribution < 1.29 is 19.4 Å². The van der Waals surface area contributed by atoms with E-state index in [-0.39, 0.29) is 18.6 Å². The molecule has 3 fully saturated rings. The van der Waals surface area contributed by atoms with Crippen LogP contribution in [0.2, 0.25) is 0 Å². The molecular weight excluding hydrogens is 412 g/mol. The molecule has 31 heavy (non-hydrogen) atoms. The van der Waals surface area contributed by atoms with E-state index in [9.17, 15) is 9.59 Å². The fourth-order valence-electron chi connectivity index (χ4n) is 4.56.